The quantitative estimate of drug-likeness (QED) is 0.341. The van der Waals surface area contributed by atoms with E-state index in [0.29, 0.717) is 6.42 Å². The Morgan fingerprint density at radius 2 is 1.80 bits per heavy atom. The number of phosphoric acid groups is 1. The first-order chi connectivity index (χ1) is 6.42. The predicted octanol–water partition coefficient (Wildman–Crippen LogP) is -0.926. The Kier molecular flexibility index (Phi) is 12.7. The minimum Gasteiger partial charge on any atom is -0.756 e. The average molecular weight is 246 g/mol. The third kappa shape index (κ3) is 17.7. The van der Waals surface area contributed by atoms with E-state index in [1.807, 2.05) is 0 Å². The molecular formula is C9H20NaO4P. The van der Waals surface area contributed by atoms with Crippen LogP contribution in [-0.2, 0) is 9.09 Å². The minimum absolute atomic E-state index is 0. The van der Waals surface area contributed by atoms with Crippen molar-refractivity contribution in [2.75, 3.05) is 6.61 Å². The van der Waals surface area contributed by atoms with Crippen LogP contribution in [0.5, 0.6) is 0 Å². The van der Waals surface area contributed by atoms with Gasteiger partial charge in [-0.3, -0.25) is 4.57 Å². The number of hydrogen-bond acceptors (Lipinski definition) is 3. The zero-order chi connectivity index (χ0) is 11.0. The number of phosphoric ester groups is 1. The summed E-state index contributed by atoms with van der Waals surface area (Å²) < 4.78 is 14.4. The molecule has 0 saturated carbocycles. The molecule has 0 aromatic carbocycles. The van der Waals surface area contributed by atoms with Crippen molar-refractivity contribution in [3.63, 3.8) is 0 Å². The molecule has 86 valence electrons. The van der Waals surface area contributed by atoms with E-state index in [2.05, 4.69) is 18.4 Å². The van der Waals surface area contributed by atoms with E-state index in [4.69, 9.17) is 4.89 Å². The fraction of sp³-hybridized carbons (Fsp3) is 1.00. The molecule has 1 atom stereocenters. The SMILES string of the molecule is CC(C)CCCCCCOP(=O)([O-])O.[Na+]. The van der Waals surface area contributed by atoms with E-state index >= 15 is 0 Å². The molecule has 1 N–H and O–H groups in total. The van der Waals surface area contributed by atoms with E-state index in [1.165, 1.54) is 12.8 Å². The third-order valence-corrected chi connectivity index (χ3v) is 2.44. The standard InChI is InChI=1S/C9H21O4P.Na/c1-9(2)7-5-3-4-6-8-13-14(10,11)12;/h9H,3-8H2,1-2H3,(H2,10,11,12);/q;+1/p-1. The van der Waals surface area contributed by atoms with Crippen LogP contribution in [0.3, 0.4) is 0 Å². The molecule has 0 bridgehead atoms. The summed E-state index contributed by atoms with van der Waals surface area (Å²) in [6.07, 6.45) is 5.11. The molecule has 0 aliphatic rings. The fourth-order valence-corrected chi connectivity index (χ4v) is 1.55. The summed E-state index contributed by atoms with van der Waals surface area (Å²) in [4.78, 5) is 18.4. The smallest absolute Gasteiger partial charge is 0.756 e. The maximum Gasteiger partial charge on any atom is 1.00 e. The molecule has 6 heteroatoms. The second-order valence-electron chi connectivity index (χ2n) is 3.90. The molecular weight excluding hydrogens is 226 g/mol. The Labute approximate surface area is 114 Å². The molecule has 0 amide bonds. The molecule has 0 aliphatic heterocycles. The van der Waals surface area contributed by atoms with Crippen LogP contribution in [-0.4, -0.2) is 11.5 Å². The molecule has 4 nitrogen and oxygen atoms in total. The Bertz CT molecular complexity index is 181. The van der Waals surface area contributed by atoms with Gasteiger partial charge in [-0.2, -0.15) is 0 Å². The van der Waals surface area contributed by atoms with Crippen LogP contribution in [0.15, 0.2) is 0 Å². The molecule has 0 heterocycles. The topological polar surface area (TPSA) is 69.6 Å². The molecule has 0 rings (SSSR count). The van der Waals surface area contributed by atoms with E-state index in [-0.39, 0.29) is 36.2 Å². The van der Waals surface area contributed by atoms with E-state index < -0.39 is 7.82 Å². The zero-order valence-corrected chi connectivity index (χ0v) is 12.8. The van der Waals surface area contributed by atoms with Gasteiger partial charge in [0.1, 0.15) is 0 Å². The van der Waals surface area contributed by atoms with Gasteiger partial charge >= 0.3 is 29.6 Å². The average Bonchev–Trinajstić information content (AvgIpc) is 2.00. The van der Waals surface area contributed by atoms with Crippen LogP contribution >= 0.6 is 7.82 Å². The van der Waals surface area contributed by atoms with Crippen LogP contribution in [0.4, 0.5) is 0 Å². The Morgan fingerprint density at radius 1 is 1.27 bits per heavy atom. The maximum absolute atomic E-state index is 10.2. The van der Waals surface area contributed by atoms with Gasteiger partial charge in [-0.25, -0.2) is 0 Å². The molecule has 0 saturated heterocycles. The van der Waals surface area contributed by atoms with Gasteiger partial charge in [-0.15, -0.1) is 0 Å². The first-order valence-electron chi connectivity index (χ1n) is 5.10. The van der Waals surface area contributed by atoms with Gasteiger partial charge in [-0.05, 0) is 12.3 Å². The molecule has 15 heavy (non-hydrogen) atoms. The third-order valence-electron chi connectivity index (χ3n) is 1.93. The van der Waals surface area contributed by atoms with Crippen LogP contribution in [0.25, 0.3) is 0 Å². The number of hydrogen-bond donors (Lipinski definition) is 1. The molecule has 0 aromatic rings. The minimum atomic E-state index is -4.49. The molecule has 0 fully saturated rings. The van der Waals surface area contributed by atoms with Crippen molar-refractivity contribution in [2.45, 2.75) is 46.0 Å². The van der Waals surface area contributed by atoms with Gasteiger partial charge in [0.05, 0.1) is 6.61 Å². The second kappa shape index (κ2) is 10.3. The van der Waals surface area contributed by atoms with Gasteiger partial charge in [-0.1, -0.05) is 39.5 Å². The second-order valence-corrected chi connectivity index (χ2v) is 5.09. The van der Waals surface area contributed by atoms with Gasteiger partial charge in [0.25, 0.3) is 7.82 Å². The largest absolute Gasteiger partial charge is 1.00 e. The van der Waals surface area contributed by atoms with Crippen LogP contribution in [0, 0.1) is 5.92 Å². The van der Waals surface area contributed by atoms with Crippen molar-refractivity contribution in [3.05, 3.63) is 0 Å². The van der Waals surface area contributed by atoms with Crippen molar-refractivity contribution < 1.29 is 48.4 Å². The molecule has 1 unspecified atom stereocenters. The van der Waals surface area contributed by atoms with Crippen molar-refractivity contribution >= 4 is 7.82 Å². The summed E-state index contributed by atoms with van der Waals surface area (Å²) in [6.45, 7) is 4.46. The summed E-state index contributed by atoms with van der Waals surface area (Å²) in [6, 6.07) is 0. The monoisotopic (exact) mass is 246 g/mol. The van der Waals surface area contributed by atoms with Crippen LogP contribution < -0.4 is 34.5 Å². The van der Waals surface area contributed by atoms with E-state index in [1.54, 1.807) is 0 Å². The number of rotatable bonds is 8. The summed E-state index contributed by atoms with van der Waals surface area (Å²) in [5.41, 5.74) is 0. The van der Waals surface area contributed by atoms with Gasteiger partial charge < -0.3 is 14.3 Å². The maximum atomic E-state index is 10.2. The van der Waals surface area contributed by atoms with Crippen molar-refractivity contribution in [1.82, 2.24) is 0 Å². The van der Waals surface area contributed by atoms with Crippen LogP contribution in [0.1, 0.15) is 46.0 Å². The first kappa shape index (κ1) is 18.5. The summed E-state index contributed by atoms with van der Waals surface area (Å²) >= 11 is 0. The number of unbranched alkanes of at least 4 members (excludes halogenated alkanes) is 3. The van der Waals surface area contributed by atoms with Gasteiger partial charge in [0.15, 0.2) is 0 Å². The Hall–Kier alpha value is 1.11. The summed E-state index contributed by atoms with van der Waals surface area (Å²) in [5, 5.41) is 0. The molecule has 0 aliphatic carbocycles. The fourth-order valence-electron chi connectivity index (χ4n) is 1.19. The van der Waals surface area contributed by atoms with Crippen molar-refractivity contribution in [2.24, 2.45) is 5.92 Å². The van der Waals surface area contributed by atoms with Crippen molar-refractivity contribution in [1.29, 1.82) is 0 Å². The predicted molar refractivity (Wildman–Crippen MR) is 53.7 cm³/mol. The van der Waals surface area contributed by atoms with Crippen LogP contribution in [0.2, 0.25) is 0 Å². The van der Waals surface area contributed by atoms with E-state index in [0.717, 1.165) is 18.8 Å². The summed E-state index contributed by atoms with van der Waals surface area (Å²) in [5.74, 6) is 0.727. The Balaban J connectivity index is 0. The van der Waals surface area contributed by atoms with Crippen molar-refractivity contribution in [3.8, 4) is 0 Å². The zero-order valence-electron chi connectivity index (χ0n) is 9.94. The molecule has 0 aromatic heterocycles. The van der Waals surface area contributed by atoms with Gasteiger partial charge in [0, 0.05) is 0 Å². The van der Waals surface area contributed by atoms with E-state index in [9.17, 15) is 9.46 Å². The summed E-state index contributed by atoms with van der Waals surface area (Å²) in [7, 11) is -4.49. The van der Waals surface area contributed by atoms with Gasteiger partial charge in [0.2, 0.25) is 0 Å². The molecule has 0 spiro atoms. The Morgan fingerprint density at radius 3 is 2.27 bits per heavy atom. The molecule has 0 radical (unpaired) electrons. The normalized spacial score (nSPS) is 14.7. The first-order valence-corrected chi connectivity index (χ1v) is 6.59.